The van der Waals surface area contributed by atoms with Crippen LogP contribution in [-0.2, 0) is 9.59 Å². The molecule has 1 heterocycles. The Kier molecular flexibility index (Phi) is 4.10. The van der Waals surface area contributed by atoms with E-state index < -0.39 is 11.6 Å². The van der Waals surface area contributed by atoms with E-state index in [1.54, 1.807) is 0 Å². The molecule has 1 spiro atoms. The molecule has 1 saturated heterocycles. The van der Waals surface area contributed by atoms with E-state index in [1.165, 1.54) is 0 Å². The first kappa shape index (κ1) is 15.3. The second kappa shape index (κ2) is 5.89. The maximum atomic E-state index is 12.7. The Morgan fingerprint density at radius 3 is 2.59 bits per heavy atom. The van der Waals surface area contributed by atoms with E-state index in [0.717, 1.165) is 49.8 Å². The fourth-order valence-corrected chi connectivity index (χ4v) is 4.13. The second-order valence-corrected chi connectivity index (χ2v) is 6.99. The molecule has 122 valence electrons. The van der Waals surface area contributed by atoms with E-state index in [0.29, 0.717) is 6.42 Å². The summed E-state index contributed by atoms with van der Waals surface area (Å²) in [6.45, 7) is 1.86. The van der Waals surface area contributed by atoms with Gasteiger partial charge in [-0.25, -0.2) is 4.79 Å². The molecule has 0 aromatic carbocycles. The van der Waals surface area contributed by atoms with Gasteiger partial charge in [-0.15, -0.1) is 0 Å². The summed E-state index contributed by atoms with van der Waals surface area (Å²) >= 11 is 0. The van der Waals surface area contributed by atoms with Crippen LogP contribution in [0.15, 0.2) is 0 Å². The van der Waals surface area contributed by atoms with Crippen LogP contribution in [0.4, 0.5) is 4.79 Å². The highest BCUT2D eigenvalue weighted by Crippen LogP contribution is 2.38. The highest BCUT2D eigenvalue weighted by atomic mass is 16.2. The number of hydrogen-bond donors (Lipinski definition) is 2. The molecule has 0 radical (unpaired) electrons. The number of nitrogens with zero attached hydrogens (tertiary/aromatic N) is 1. The van der Waals surface area contributed by atoms with Gasteiger partial charge in [0, 0.05) is 6.04 Å². The number of imide groups is 1. The second-order valence-electron chi connectivity index (χ2n) is 6.99. The minimum absolute atomic E-state index is 0.126. The molecule has 1 aliphatic heterocycles. The van der Waals surface area contributed by atoms with Gasteiger partial charge in [0.05, 0.1) is 0 Å². The van der Waals surface area contributed by atoms with E-state index in [1.807, 2.05) is 6.92 Å². The molecular formula is C16H25N3O3. The van der Waals surface area contributed by atoms with Gasteiger partial charge in [-0.2, -0.15) is 0 Å². The van der Waals surface area contributed by atoms with Crippen molar-refractivity contribution >= 4 is 17.8 Å². The Labute approximate surface area is 131 Å². The topological polar surface area (TPSA) is 78.5 Å². The molecule has 2 aliphatic carbocycles. The van der Waals surface area contributed by atoms with Crippen LogP contribution in [0.1, 0.15) is 58.3 Å². The highest BCUT2D eigenvalue weighted by Gasteiger charge is 2.55. The van der Waals surface area contributed by atoms with Crippen molar-refractivity contribution in [2.75, 3.05) is 6.54 Å². The number of carbonyl (C=O) groups is 3. The summed E-state index contributed by atoms with van der Waals surface area (Å²) in [4.78, 5) is 38.1. The molecule has 2 saturated carbocycles. The van der Waals surface area contributed by atoms with Gasteiger partial charge in [-0.05, 0) is 31.6 Å². The molecule has 0 aromatic rings. The van der Waals surface area contributed by atoms with E-state index >= 15 is 0 Å². The molecule has 3 rings (SSSR count). The predicted molar refractivity (Wildman–Crippen MR) is 81.0 cm³/mol. The zero-order chi connectivity index (χ0) is 15.7. The molecule has 0 unspecified atom stereocenters. The minimum Gasteiger partial charge on any atom is -0.352 e. The molecule has 0 bridgehead atoms. The van der Waals surface area contributed by atoms with Gasteiger partial charge in [0.1, 0.15) is 12.1 Å². The predicted octanol–water partition coefficient (Wildman–Crippen LogP) is 1.55. The molecule has 6 nitrogen and oxygen atoms in total. The number of urea groups is 1. The number of amides is 4. The van der Waals surface area contributed by atoms with Crippen LogP contribution in [0, 0.1) is 5.92 Å². The van der Waals surface area contributed by atoms with Crippen molar-refractivity contribution in [1.29, 1.82) is 0 Å². The zero-order valence-corrected chi connectivity index (χ0v) is 13.2. The van der Waals surface area contributed by atoms with Crippen LogP contribution < -0.4 is 10.6 Å². The van der Waals surface area contributed by atoms with Crippen LogP contribution in [0.2, 0.25) is 0 Å². The van der Waals surface area contributed by atoms with Crippen LogP contribution in [0.3, 0.4) is 0 Å². The van der Waals surface area contributed by atoms with Crippen molar-refractivity contribution in [2.24, 2.45) is 5.92 Å². The van der Waals surface area contributed by atoms with Crippen molar-refractivity contribution in [3.05, 3.63) is 0 Å². The van der Waals surface area contributed by atoms with Crippen LogP contribution in [0.5, 0.6) is 0 Å². The minimum atomic E-state index is -0.775. The Hall–Kier alpha value is -1.59. The maximum absolute atomic E-state index is 12.7. The summed E-state index contributed by atoms with van der Waals surface area (Å²) in [6, 6.07) is -0.212. The quantitative estimate of drug-likeness (QED) is 0.776. The number of hydrogen-bond acceptors (Lipinski definition) is 3. The SMILES string of the molecule is C[C@@H]1CCCC[C@@]12NC(=O)N(CC(=O)NC1CCCC1)C2=O. The molecule has 22 heavy (non-hydrogen) atoms. The van der Waals surface area contributed by atoms with E-state index in [9.17, 15) is 14.4 Å². The number of carbonyl (C=O) groups excluding carboxylic acids is 3. The van der Waals surface area contributed by atoms with Crippen LogP contribution in [-0.4, -0.2) is 40.9 Å². The van der Waals surface area contributed by atoms with E-state index in [2.05, 4.69) is 10.6 Å². The number of nitrogens with one attached hydrogen (secondary N) is 2. The highest BCUT2D eigenvalue weighted by molar-refractivity contribution is 6.09. The normalized spacial score (nSPS) is 32.6. The zero-order valence-electron chi connectivity index (χ0n) is 13.2. The Morgan fingerprint density at radius 1 is 1.23 bits per heavy atom. The smallest absolute Gasteiger partial charge is 0.325 e. The van der Waals surface area contributed by atoms with Gasteiger partial charge in [-0.3, -0.25) is 14.5 Å². The van der Waals surface area contributed by atoms with Crippen molar-refractivity contribution < 1.29 is 14.4 Å². The lowest BCUT2D eigenvalue weighted by atomic mass is 9.73. The lowest BCUT2D eigenvalue weighted by Crippen LogP contribution is -2.54. The van der Waals surface area contributed by atoms with Crippen LogP contribution in [0.25, 0.3) is 0 Å². The standard InChI is InChI=1S/C16H25N3O3/c1-11-6-4-5-9-16(11)14(21)19(15(22)18-16)10-13(20)17-12-7-2-3-8-12/h11-12H,2-10H2,1H3,(H,17,20)(H,18,22)/t11-,16-/m1/s1. The molecule has 3 fully saturated rings. The Balaban J connectivity index is 1.65. The summed E-state index contributed by atoms with van der Waals surface area (Å²) in [5, 5.41) is 5.81. The van der Waals surface area contributed by atoms with Crippen molar-refractivity contribution in [1.82, 2.24) is 15.5 Å². The molecule has 3 aliphatic rings. The first-order valence-electron chi connectivity index (χ1n) is 8.46. The fourth-order valence-electron chi connectivity index (χ4n) is 4.13. The fraction of sp³-hybridized carbons (Fsp3) is 0.812. The summed E-state index contributed by atoms with van der Waals surface area (Å²) in [5.74, 6) is -0.317. The summed E-state index contributed by atoms with van der Waals surface area (Å²) in [7, 11) is 0. The summed E-state index contributed by atoms with van der Waals surface area (Å²) in [5.41, 5.74) is -0.775. The van der Waals surface area contributed by atoms with Crippen LogP contribution >= 0.6 is 0 Å². The third kappa shape index (κ3) is 2.59. The first-order chi connectivity index (χ1) is 10.5. The largest absolute Gasteiger partial charge is 0.352 e. The van der Waals surface area contributed by atoms with Crippen molar-refractivity contribution in [2.45, 2.75) is 69.9 Å². The monoisotopic (exact) mass is 307 g/mol. The molecule has 6 heteroatoms. The molecule has 0 aromatic heterocycles. The molecule has 2 N–H and O–H groups in total. The Morgan fingerprint density at radius 2 is 1.91 bits per heavy atom. The van der Waals surface area contributed by atoms with Gasteiger partial charge in [-0.1, -0.05) is 32.6 Å². The Bertz CT molecular complexity index is 487. The van der Waals surface area contributed by atoms with Crippen molar-refractivity contribution in [3.63, 3.8) is 0 Å². The maximum Gasteiger partial charge on any atom is 0.325 e. The molecule has 4 amide bonds. The van der Waals surface area contributed by atoms with Gasteiger partial charge in [0.25, 0.3) is 5.91 Å². The molecular weight excluding hydrogens is 282 g/mol. The third-order valence-electron chi connectivity index (χ3n) is 5.52. The van der Waals surface area contributed by atoms with E-state index in [4.69, 9.17) is 0 Å². The lowest BCUT2D eigenvalue weighted by molar-refractivity contribution is -0.137. The summed E-state index contributed by atoms with van der Waals surface area (Å²) in [6.07, 6.45) is 7.91. The van der Waals surface area contributed by atoms with Gasteiger partial charge >= 0.3 is 6.03 Å². The van der Waals surface area contributed by atoms with Gasteiger partial charge < -0.3 is 10.6 Å². The lowest BCUT2D eigenvalue weighted by Gasteiger charge is -2.36. The third-order valence-corrected chi connectivity index (χ3v) is 5.52. The number of rotatable bonds is 3. The molecule has 2 atom stereocenters. The summed E-state index contributed by atoms with van der Waals surface area (Å²) < 4.78 is 0. The average molecular weight is 307 g/mol. The van der Waals surface area contributed by atoms with Gasteiger partial charge in [0.15, 0.2) is 0 Å². The van der Waals surface area contributed by atoms with Gasteiger partial charge in [0.2, 0.25) is 5.91 Å². The van der Waals surface area contributed by atoms with E-state index in [-0.39, 0.29) is 30.3 Å². The van der Waals surface area contributed by atoms with Crippen molar-refractivity contribution in [3.8, 4) is 0 Å². The average Bonchev–Trinajstić information content (AvgIpc) is 3.06. The first-order valence-corrected chi connectivity index (χ1v) is 8.46.